The highest BCUT2D eigenvalue weighted by Gasteiger charge is 2.19. The largest absolute Gasteiger partial charge is 0.461 e. The van der Waals surface area contributed by atoms with Crippen LogP contribution in [0.4, 0.5) is 0 Å². The minimum Gasteiger partial charge on any atom is -0.461 e. The zero-order valence-electron chi connectivity index (χ0n) is 8.28. The third-order valence-corrected chi connectivity index (χ3v) is 2.40. The predicted molar refractivity (Wildman–Crippen MR) is 59.0 cm³/mol. The summed E-state index contributed by atoms with van der Waals surface area (Å²) in [4.78, 5) is 15.5. The van der Waals surface area contributed by atoms with E-state index in [0.29, 0.717) is 5.65 Å². The number of carbonyl (C=O) groups excluding carboxylic acids is 1. The molecule has 5 nitrogen and oxygen atoms in total. The zero-order valence-corrected chi connectivity index (χ0v) is 9.79. The summed E-state index contributed by atoms with van der Waals surface area (Å²) in [6, 6.07) is 3.18. The van der Waals surface area contributed by atoms with Crippen LogP contribution in [0, 0.1) is 0 Å². The van der Waals surface area contributed by atoms with Crippen LogP contribution in [0.15, 0.2) is 12.1 Å². The summed E-state index contributed by atoms with van der Waals surface area (Å²) < 4.78 is 6.10. The quantitative estimate of drug-likeness (QED) is 0.777. The van der Waals surface area contributed by atoms with Gasteiger partial charge < -0.3 is 4.74 Å². The molecular formula is C9H7Cl2N3O2. The SMILES string of the molecule is CCOC(=O)c1nc2ccc(Cl)nn2c1Cl. The molecule has 84 valence electrons. The topological polar surface area (TPSA) is 56.5 Å². The summed E-state index contributed by atoms with van der Waals surface area (Å²) in [5.74, 6) is -0.575. The first kappa shape index (κ1) is 11.2. The molecule has 0 N–H and O–H groups in total. The summed E-state index contributed by atoms with van der Waals surface area (Å²) in [5, 5.41) is 4.28. The average Bonchev–Trinajstić information content (AvgIpc) is 2.57. The van der Waals surface area contributed by atoms with Gasteiger partial charge in [0.1, 0.15) is 5.15 Å². The molecule has 0 bridgehead atoms. The first-order valence-corrected chi connectivity index (χ1v) is 5.27. The molecule has 0 atom stereocenters. The number of aromatic nitrogens is 3. The first-order chi connectivity index (χ1) is 7.63. The van der Waals surface area contributed by atoms with Crippen molar-refractivity contribution in [3.05, 3.63) is 28.1 Å². The van der Waals surface area contributed by atoms with E-state index in [1.54, 1.807) is 19.1 Å². The normalized spacial score (nSPS) is 10.7. The van der Waals surface area contributed by atoms with E-state index in [1.807, 2.05) is 0 Å². The van der Waals surface area contributed by atoms with Gasteiger partial charge in [0.15, 0.2) is 16.5 Å². The molecule has 0 aliphatic heterocycles. The van der Waals surface area contributed by atoms with Crippen LogP contribution in [0.3, 0.4) is 0 Å². The Morgan fingerprint density at radius 2 is 2.25 bits per heavy atom. The van der Waals surface area contributed by atoms with Crippen molar-refractivity contribution in [1.82, 2.24) is 14.6 Å². The Hall–Kier alpha value is -1.33. The number of nitrogens with zero attached hydrogens (tertiary/aromatic N) is 3. The zero-order chi connectivity index (χ0) is 11.7. The fraction of sp³-hybridized carbons (Fsp3) is 0.222. The molecule has 0 radical (unpaired) electrons. The molecule has 0 aromatic carbocycles. The van der Waals surface area contributed by atoms with Gasteiger partial charge in [0.05, 0.1) is 6.61 Å². The Labute approximate surface area is 101 Å². The maximum absolute atomic E-state index is 11.5. The van der Waals surface area contributed by atoms with Gasteiger partial charge in [-0.1, -0.05) is 23.2 Å². The number of esters is 1. The van der Waals surface area contributed by atoms with Gasteiger partial charge in [-0.2, -0.15) is 9.61 Å². The van der Waals surface area contributed by atoms with E-state index in [4.69, 9.17) is 27.9 Å². The highest BCUT2D eigenvalue weighted by Crippen LogP contribution is 2.19. The standard InChI is InChI=1S/C9H7Cl2N3O2/c1-2-16-9(15)7-8(11)14-6(12-7)4-3-5(10)13-14/h3-4H,2H2,1H3. The van der Waals surface area contributed by atoms with Crippen molar-refractivity contribution in [3.8, 4) is 0 Å². The summed E-state index contributed by atoms with van der Waals surface area (Å²) >= 11 is 11.6. The van der Waals surface area contributed by atoms with Crippen LogP contribution in [0.5, 0.6) is 0 Å². The van der Waals surface area contributed by atoms with Crippen LogP contribution in [-0.4, -0.2) is 27.2 Å². The molecule has 2 heterocycles. The molecule has 2 aromatic heterocycles. The third kappa shape index (κ3) is 1.83. The van der Waals surface area contributed by atoms with Crippen molar-refractivity contribution >= 4 is 34.8 Å². The van der Waals surface area contributed by atoms with Gasteiger partial charge >= 0.3 is 5.97 Å². The maximum atomic E-state index is 11.5. The van der Waals surface area contributed by atoms with Crippen LogP contribution in [0.25, 0.3) is 5.65 Å². The van der Waals surface area contributed by atoms with E-state index >= 15 is 0 Å². The molecule has 0 fully saturated rings. The summed E-state index contributed by atoms with van der Waals surface area (Å²) in [6.45, 7) is 1.97. The lowest BCUT2D eigenvalue weighted by Crippen LogP contribution is -2.05. The van der Waals surface area contributed by atoms with E-state index < -0.39 is 5.97 Å². The fourth-order valence-electron chi connectivity index (χ4n) is 1.21. The Morgan fingerprint density at radius 1 is 1.50 bits per heavy atom. The maximum Gasteiger partial charge on any atom is 0.360 e. The molecule has 0 amide bonds. The highest BCUT2D eigenvalue weighted by molar-refractivity contribution is 6.32. The Kier molecular flexibility index (Phi) is 2.98. The molecule has 0 saturated carbocycles. The summed E-state index contributed by atoms with van der Waals surface area (Å²) in [7, 11) is 0. The molecule has 0 aliphatic rings. The number of ether oxygens (including phenoxy) is 1. The smallest absolute Gasteiger partial charge is 0.360 e. The van der Waals surface area contributed by atoms with E-state index in [0.717, 1.165) is 0 Å². The number of rotatable bonds is 2. The van der Waals surface area contributed by atoms with Crippen LogP contribution in [0.2, 0.25) is 10.3 Å². The number of hydrogen-bond donors (Lipinski definition) is 0. The van der Waals surface area contributed by atoms with Crippen molar-refractivity contribution in [2.75, 3.05) is 6.61 Å². The molecular weight excluding hydrogens is 253 g/mol. The van der Waals surface area contributed by atoms with Crippen LogP contribution >= 0.6 is 23.2 Å². The van der Waals surface area contributed by atoms with E-state index in [2.05, 4.69) is 10.1 Å². The van der Waals surface area contributed by atoms with Gasteiger partial charge in [-0.25, -0.2) is 9.78 Å². The van der Waals surface area contributed by atoms with Crippen molar-refractivity contribution in [1.29, 1.82) is 0 Å². The minimum absolute atomic E-state index is 0.0401. The minimum atomic E-state index is -0.575. The molecule has 0 spiro atoms. The van der Waals surface area contributed by atoms with Gasteiger partial charge in [-0.3, -0.25) is 0 Å². The fourth-order valence-corrected chi connectivity index (χ4v) is 1.60. The van der Waals surface area contributed by atoms with E-state index in [1.165, 1.54) is 4.52 Å². The van der Waals surface area contributed by atoms with Gasteiger partial charge in [0.25, 0.3) is 0 Å². The van der Waals surface area contributed by atoms with Crippen molar-refractivity contribution < 1.29 is 9.53 Å². The summed E-state index contributed by atoms with van der Waals surface area (Å²) in [6.07, 6.45) is 0. The van der Waals surface area contributed by atoms with Gasteiger partial charge in [0.2, 0.25) is 0 Å². The second kappa shape index (κ2) is 4.27. The molecule has 7 heteroatoms. The molecule has 2 aromatic rings. The predicted octanol–water partition coefficient (Wildman–Crippen LogP) is 2.21. The number of hydrogen-bond acceptors (Lipinski definition) is 4. The van der Waals surface area contributed by atoms with E-state index in [-0.39, 0.29) is 22.6 Å². The van der Waals surface area contributed by atoms with Gasteiger partial charge in [-0.05, 0) is 19.1 Å². The lowest BCUT2D eigenvalue weighted by Gasteiger charge is -1.97. The van der Waals surface area contributed by atoms with Crippen molar-refractivity contribution in [2.24, 2.45) is 0 Å². The number of halogens is 2. The van der Waals surface area contributed by atoms with Crippen molar-refractivity contribution in [3.63, 3.8) is 0 Å². The second-order valence-electron chi connectivity index (χ2n) is 2.90. The highest BCUT2D eigenvalue weighted by atomic mass is 35.5. The molecule has 0 unspecified atom stereocenters. The molecule has 0 saturated heterocycles. The Balaban J connectivity index is 2.56. The Bertz CT molecular complexity index is 553. The second-order valence-corrected chi connectivity index (χ2v) is 3.64. The number of fused-ring (bicyclic) bond motifs is 1. The van der Waals surface area contributed by atoms with Crippen LogP contribution in [-0.2, 0) is 4.74 Å². The molecule has 16 heavy (non-hydrogen) atoms. The van der Waals surface area contributed by atoms with Crippen LogP contribution in [0.1, 0.15) is 17.4 Å². The molecule has 2 rings (SSSR count). The first-order valence-electron chi connectivity index (χ1n) is 4.51. The van der Waals surface area contributed by atoms with E-state index in [9.17, 15) is 4.79 Å². The average molecular weight is 260 g/mol. The molecule has 0 aliphatic carbocycles. The lowest BCUT2D eigenvalue weighted by molar-refractivity contribution is 0.0520. The van der Waals surface area contributed by atoms with Gasteiger partial charge in [-0.15, -0.1) is 0 Å². The number of imidazole rings is 1. The monoisotopic (exact) mass is 259 g/mol. The van der Waals surface area contributed by atoms with Gasteiger partial charge in [0, 0.05) is 0 Å². The Morgan fingerprint density at radius 3 is 2.94 bits per heavy atom. The lowest BCUT2D eigenvalue weighted by atomic mass is 10.5. The summed E-state index contributed by atoms with van der Waals surface area (Å²) in [5.41, 5.74) is 0.482. The number of carbonyl (C=O) groups is 1. The van der Waals surface area contributed by atoms with Crippen molar-refractivity contribution in [2.45, 2.75) is 6.92 Å². The third-order valence-electron chi connectivity index (χ3n) is 1.86. The van der Waals surface area contributed by atoms with Crippen LogP contribution < -0.4 is 0 Å².